The van der Waals surface area contributed by atoms with Gasteiger partial charge in [-0.2, -0.15) is 10.3 Å². The minimum absolute atomic E-state index is 0.211. The number of piperidine rings is 1. The van der Waals surface area contributed by atoms with Crippen LogP contribution in [0.5, 0.6) is 0 Å². The van der Waals surface area contributed by atoms with E-state index in [1.165, 1.54) is 30.6 Å². The molecule has 0 spiro atoms. The lowest BCUT2D eigenvalue weighted by Gasteiger charge is -2.37. The molecule has 3 aliphatic rings. The zero-order valence-electron chi connectivity index (χ0n) is 21.7. The van der Waals surface area contributed by atoms with Crippen LogP contribution in [0.3, 0.4) is 0 Å². The van der Waals surface area contributed by atoms with E-state index in [4.69, 9.17) is 9.73 Å². The van der Waals surface area contributed by atoms with Crippen LogP contribution in [0.25, 0.3) is 0 Å². The lowest BCUT2D eigenvalue weighted by Crippen LogP contribution is -2.56. The minimum atomic E-state index is -0.852. The molecule has 1 unspecified atom stereocenters. The molecule has 1 N–H and O–H groups in total. The third kappa shape index (κ3) is 8.18. The molecule has 0 radical (unpaired) electrons. The zero-order valence-corrected chi connectivity index (χ0v) is 21.7. The number of hydrogen-bond acceptors (Lipinski definition) is 7. The number of nitrogens with zero attached hydrogens (tertiary/aromatic N) is 5. The Labute approximate surface area is 210 Å². The Morgan fingerprint density at radius 3 is 2.34 bits per heavy atom. The molecule has 2 saturated heterocycles. The van der Waals surface area contributed by atoms with Gasteiger partial charge < -0.3 is 15.0 Å². The summed E-state index contributed by atoms with van der Waals surface area (Å²) in [5, 5.41) is 16.4. The minimum Gasteiger partial charge on any atom is -0.448 e. The molecule has 0 aromatic rings. The van der Waals surface area contributed by atoms with Crippen molar-refractivity contribution in [2.45, 2.75) is 95.6 Å². The Morgan fingerprint density at radius 2 is 1.74 bits per heavy atom. The van der Waals surface area contributed by atoms with Gasteiger partial charge in [0.15, 0.2) is 0 Å². The summed E-state index contributed by atoms with van der Waals surface area (Å²) in [5.41, 5.74) is -0.852. The summed E-state index contributed by atoms with van der Waals surface area (Å²) in [7, 11) is 2.03. The number of hydrazine groups is 1. The first-order valence-corrected chi connectivity index (χ1v) is 13.6. The van der Waals surface area contributed by atoms with Gasteiger partial charge in [-0.05, 0) is 52.0 Å². The van der Waals surface area contributed by atoms with Gasteiger partial charge >= 0.3 is 6.09 Å². The number of ether oxygens (including phenoxy) is 1. The highest BCUT2D eigenvalue weighted by atomic mass is 16.6. The van der Waals surface area contributed by atoms with Crippen molar-refractivity contribution in [3.63, 3.8) is 0 Å². The van der Waals surface area contributed by atoms with Gasteiger partial charge in [0.05, 0.1) is 12.7 Å². The Balaban J connectivity index is 1.78. The van der Waals surface area contributed by atoms with Gasteiger partial charge in [-0.1, -0.05) is 44.9 Å². The molecule has 1 aliphatic carbocycles. The first-order valence-electron chi connectivity index (χ1n) is 13.6. The molecule has 35 heavy (non-hydrogen) atoms. The SMILES string of the molecule is CCOC(=O)N(C=NC(CC1CCCCC1)C(=O)NC1(C#N)CCN(C)CC1)N1CCCCCC1. The molecule has 2 aliphatic heterocycles. The molecule has 0 aromatic heterocycles. The lowest BCUT2D eigenvalue weighted by atomic mass is 9.84. The topological polar surface area (TPSA) is 101 Å². The maximum Gasteiger partial charge on any atom is 0.430 e. The average Bonchev–Trinajstić information content (AvgIpc) is 3.15. The molecule has 3 rings (SSSR count). The normalized spacial score (nSPS) is 23.2. The first kappa shape index (κ1) is 27.4. The van der Waals surface area contributed by atoms with Crippen LogP contribution in [0.4, 0.5) is 4.79 Å². The van der Waals surface area contributed by atoms with Crippen molar-refractivity contribution in [1.29, 1.82) is 5.26 Å². The van der Waals surface area contributed by atoms with Crippen molar-refractivity contribution in [2.24, 2.45) is 10.9 Å². The van der Waals surface area contributed by atoms with Gasteiger partial charge in [0.25, 0.3) is 0 Å². The van der Waals surface area contributed by atoms with Crippen molar-refractivity contribution >= 4 is 18.3 Å². The Bertz CT molecular complexity index is 745. The number of carbonyl (C=O) groups excluding carboxylic acids is 2. The van der Waals surface area contributed by atoms with Gasteiger partial charge in [0, 0.05) is 26.2 Å². The van der Waals surface area contributed by atoms with Gasteiger partial charge in [0.1, 0.15) is 17.9 Å². The molecule has 1 saturated carbocycles. The van der Waals surface area contributed by atoms with Crippen molar-refractivity contribution in [1.82, 2.24) is 20.2 Å². The van der Waals surface area contributed by atoms with E-state index in [1.807, 2.05) is 12.1 Å². The van der Waals surface area contributed by atoms with E-state index in [-0.39, 0.29) is 12.5 Å². The first-order chi connectivity index (χ1) is 17.0. The fraction of sp³-hybridized carbons (Fsp3) is 0.846. The average molecular weight is 489 g/mol. The van der Waals surface area contributed by atoms with E-state index in [9.17, 15) is 14.9 Å². The second-order valence-corrected chi connectivity index (χ2v) is 10.4. The highest BCUT2D eigenvalue weighted by Crippen LogP contribution is 2.29. The molecule has 196 valence electrons. The number of nitriles is 1. The molecule has 0 aromatic carbocycles. The zero-order chi connectivity index (χ0) is 25.1. The number of likely N-dealkylation sites (tertiary alicyclic amines) is 1. The van der Waals surface area contributed by atoms with Crippen LogP contribution < -0.4 is 5.32 Å². The molecule has 9 heteroatoms. The summed E-state index contributed by atoms with van der Waals surface area (Å²) in [6.45, 7) is 5.14. The molecular formula is C26H44N6O3. The van der Waals surface area contributed by atoms with Crippen molar-refractivity contribution in [3.8, 4) is 6.07 Å². The summed E-state index contributed by atoms with van der Waals surface area (Å²) < 4.78 is 5.31. The molecular weight excluding hydrogens is 444 g/mol. The van der Waals surface area contributed by atoms with Gasteiger partial charge in [0.2, 0.25) is 5.91 Å². The summed E-state index contributed by atoms with van der Waals surface area (Å²) >= 11 is 0. The van der Waals surface area contributed by atoms with Gasteiger partial charge in [-0.3, -0.25) is 9.79 Å². The van der Waals surface area contributed by atoms with Crippen molar-refractivity contribution < 1.29 is 14.3 Å². The molecule has 2 amide bonds. The Morgan fingerprint density at radius 1 is 1.11 bits per heavy atom. The van der Waals surface area contributed by atoms with E-state index >= 15 is 0 Å². The quantitative estimate of drug-likeness (QED) is 0.413. The second kappa shape index (κ2) is 13.8. The summed E-state index contributed by atoms with van der Waals surface area (Å²) in [5.74, 6) is 0.221. The van der Waals surface area contributed by atoms with E-state index < -0.39 is 17.7 Å². The molecule has 2 heterocycles. The maximum absolute atomic E-state index is 13.5. The van der Waals surface area contributed by atoms with E-state index in [1.54, 1.807) is 6.92 Å². The van der Waals surface area contributed by atoms with Crippen LogP contribution >= 0.6 is 0 Å². The van der Waals surface area contributed by atoms with Crippen LogP contribution in [0.15, 0.2) is 4.99 Å². The highest BCUT2D eigenvalue weighted by Gasteiger charge is 2.37. The Kier molecular flexibility index (Phi) is 10.8. The standard InChI is InChI=1S/C26H44N6O3/c1-3-35-25(34)32(31-15-9-4-5-10-16-31)21-28-23(19-22-11-7-6-8-12-22)24(33)29-26(20-27)13-17-30(2)18-14-26/h21-23H,3-19H2,1-2H3,(H,29,33). The second-order valence-electron chi connectivity index (χ2n) is 10.4. The largest absolute Gasteiger partial charge is 0.448 e. The van der Waals surface area contributed by atoms with Crippen LogP contribution in [-0.2, 0) is 9.53 Å². The fourth-order valence-electron chi connectivity index (χ4n) is 5.40. The van der Waals surface area contributed by atoms with E-state index in [0.29, 0.717) is 25.2 Å². The van der Waals surface area contributed by atoms with Gasteiger partial charge in [-0.25, -0.2) is 9.80 Å². The van der Waals surface area contributed by atoms with E-state index in [2.05, 4.69) is 16.3 Å². The summed E-state index contributed by atoms with van der Waals surface area (Å²) in [6.07, 6.45) is 13.0. The molecule has 9 nitrogen and oxygen atoms in total. The number of amides is 2. The number of aliphatic imine (C=N–C) groups is 1. The van der Waals surface area contributed by atoms with E-state index in [0.717, 1.165) is 64.7 Å². The monoisotopic (exact) mass is 488 g/mol. The van der Waals surface area contributed by atoms with Crippen LogP contribution in [0, 0.1) is 17.2 Å². The van der Waals surface area contributed by atoms with Gasteiger partial charge in [-0.15, -0.1) is 0 Å². The van der Waals surface area contributed by atoms with Crippen LogP contribution in [-0.4, -0.2) is 84.7 Å². The smallest absolute Gasteiger partial charge is 0.430 e. The Hall–Kier alpha value is -2.18. The summed E-state index contributed by atoms with van der Waals surface area (Å²) in [6, 6.07) is 1.75. The fourth-order valence-corrected chi connectivity index (χ4v) is 5.40. The maximum atomic E-state index is 13.5. The lowest BCUT2D eigenvalue weighted by molar-refractivity contribution is -0.124. The number of hydrogen-bond donors (Lipinski definition) is 1. The highest BCUT2D eigenvalue weighted by molar-refractivity contribution is 5.86. The third-order valence-corrected chi connectivity index (χ3v) is 7.70. The van der Waals surface area contributed by atoms with Crippen molar-refractivity contribution in [3.05, 3.63) is 0 Å². The number of carbonyl (C=O) groups is 2. The summed E-state index contributed by atoms with van der Waals surface area (Å²) in [4.78, 5) is 33.2. The van der Waals surface area contributed by atoms with Crippen LogP contribution in [0.1, 0.15) is 84.0 Å². The molecule has 0 bridgehead atoms. The third-order valence-electron chi connectivity index (χ3n) is 7.70. The van der Waals surface area contributed by atoms with Crippen molar-refractivity contribution in [2.75, 3.05) is 39.8 Å². The molecule has 1 atom stereocenters. The van der Waals surface area contributed by atoms with Crippen LogP contribution in [0.2, 0.25) is 0 Å². The predicted octanol–water partition coefficient (Wildman–Crippen LogP) is 3.71. The molecule has 3 fully saturated rings. The number of nitrogens with one attached hydrogen (secondary N) is 1. The predicted molar refractivity (Wildman–Crippen MR) is 136 cm³/mol. The number of rotatable bonds is 8.